The van der Waals surface area contributed by atoms with E-state index in [-0.39, 0.29) is 5.60 Å². The van der Waals surface area contributed by atoms with E-state index in [2.05, 4.69) is 31.1 Å². The summed E-state index contributed by atoms with van der Waals surface area (Å²) < 4.78 is 5.40. The molecule has 0 radical (unpaired) electrons. The lowest BCUT2D eigenvalue weighted by Crippen LogP contribution is -2.45. The van der Waals surface area contributed by atoms with Gasteiger partial charge in [-0.05, 0) is 53.2 Å². The van der Waals surface area contributed by atoms with Crippen molar-refractivity contribution in [1.82, 2.24) is 10.2 Å². The summed E-state index contributed by atoms with van der Waals surface area (Å²) in [5.74, 6) is 0. The lowest BCUT2D eigenvalue weighted by Gasteiger charge is -2.31. The van der Waals surface area contributed by atoms with Gasteiger partial charge < -0.3 is 15.0 Å². The number of nitrogens with zero attached hydrogens (tertiary/aromatic N) is 1. The van der Waals surface area contributed by atoms with Crippen molar-refractivity contribution in [2.24, 2.45) is 0 Å². The highest BCUT2D eigenvalue weighted by Crippen LogP contribution is 2.13. The van der Waals surface area contributed by atoms with E-state index in [4.69, 9.17) is 4.74 Å². The number of likely N-dealkylation sites (tertiary alicyclic amines) is 1. The Morgan fingerprint density at radius 3 is 2.80 bits per heavy atom. The summed E-state index contributed by atoms with van der Waals surface area (Å²) in [6, 6.07) is 0.677. The fourth-order valence-corrected chi connectivity index (χ4v) is 2.01. The van der Waals surface area contributed by atoms with Crippen molar-refractivity contribution >= 4 is 0 Å². The Morgan fingerprint density at radius 1 is 1.47 bits per heavy atom. The standard InChI is InChI=1S/C12H26N2O/c1-12(2,15-4)7-8-13-11-6-5-9-14(3)10-11/h11,13H,5-10H2,1-4H3. The number of ether oxygens (including phenoxy) is 1. The molecule has 1 fully saturated rings. The zero-order valence-corrected chi connectivity index (χ0v) is 10.7. The molecule has 90 valence electrons. The summed E-state index contributed by atoms with van der Waals surface area (Å²) in [6.45, 7) is 7.78. The van der Waals surface area contributed by atoms with Crippen molar-refractivity contribution in [3.8, 4) is 0 Å². The van der Waals surface area contributed by atoms with Gasteiger partial charge in [0.05, 0.1) is 5.60 Å². The quantitative estimate of drug-likeness (QED) is 0.750. The number of likely N-dealkylation sites (N-methyl/N-ethyl adjacent to an activating group) is 1. The molecule has 1 atom stereocenters. The summed E-state index contributed by atoms with van der Waals surface area (Å²) in [5.41, 5.74) is 0.00751. The second kappa shape index (κ2) is 5.83. The minimum absolute atomic E-state index is 0.00751. The van der Waals surface area contributed by atoms with Crippen LogP contribution in [0.1, 0.15) is 33.1 Å². The molecule has 0 aromatic rings. The van der Waals surface area contributed by atoms with Crippen LogP contribution in [0.5, 0.6) is 0 Å². The van der Waals surface area contributed by atoms with E-state index in [0.717, 1.165) is 13.0 Å². The lowest BCUT2D eigenvalue weighted by atomic mass is 10.0. The number of nitrogens with one attached hydrogen (secondary N) is 1. The molecule has 1 N–H and O–H groups in total. The van der Waals surface area contributed by atoms with Crippen LogP contribution in [0.15, 0.2) is 0 Å². The Bertz CT molecular complexity index is 182. The van der Waals surface area contributed by atoms with Crippen LogP contribution < -0.4 is 5.32 Å². The van der Waals surface area contributed by atoms with Crippen LogP contribution in [0.2, 0.25) is 0 Å². The van der Waals surface area contributed by atoms with Crippen LogP contribution in [0.25, 0.3) is 0 Å². The van der Waals surface area contributed by atoms with Crippen LogP contribution in [0.4, 0.5) is 0 Å². The first kappa shape index (κ1) is 12.9. The van der Waals surface area contributed by atoms with Crippen LogP contribution in [0.3, 0.4) is 0 Å². The second-order valence-electron chi connectivity index (χ2n) is 5.27. The maximum Gasteiger partial charge on any atom is 0.0634 e. The van der Waals surface area contributed by atoms with Crippen molar-refractivity contribution in [1.29, 1.82) is 0 Å². The highest BCUT2D eigenvalue weighted by atomic mass is 16.5. The fraction of sp³-hybridized carbons (Fsp3) is 1.00. The van der Waals surface area contributed by atoms with Crippen molar-refractivity contribution in [2.45, 2.75) is 44.8 Å². The van der Waals surface area contributed by atoms with Gasteiger partial charge >= 0.3 is 0 Å². The van der Waals surface area contributed by atoms with Gasteiger partial charge in [-0.2, -0.15) is 0 Å². The average Bonchev–Trinajstić information content (AvgIpc) is 2.18. The summed E-state index contributed by atoms with van der Waals surface area (Å²) in [6.07, 6.45) is 3.71. The first-order valence-corrected chi connectivity index (χ1v) is 6.00. The number of piperidine rings is 1. The van der Waals surface area contributed by atoms with E-state index in [0.29, 0.717) is 6.04 Å². The van der Waals surface area contributed by atoms with Crippen molar-refractivity contribution in [2.75, 3.05) is 33.8 Å². The molecule has 3 heteroatoms. The molecular weight excluding hydrogens is 188 g/mol. The van der Waals surface area contributed by atoms with E-state index in [1.807, 2.05) is 0 Å². The lowest BCUT2D eigenvalue weighted by molar-refractivity contribution is 0.0148. The number of methoxy groups -OCH3 is 1. The van der Waals surface area contributed by atoms with E-state index < -0.39 is 0 Å². The van der Waals surface area contributed by atoms with Gasteiger partial charge in [0.15, 0.2) is 0 Å². The van der Waals surface area contributed by atoms with Crippen LogP contribution in [-0.4, -0.2) is 50.3 Å². The molecule has 0 amide bonds. The SMILES string of the molecule is COC(C)(C)CCNC1CCCN(C)C1. The molecule has 1 unspecified atom stereocenters. The zero-order chi connectivity index (χ0) is 11.3. The van der Waals surface area contributed by atoms with Gasteiger partial charge in [0.25, 0.3) is 0 Å². The first-order valence-electron chi connectivity index (χ1n) is 6.00. The van der Waals surface area contributed by atoms with Gasteiger partial charge in [-0.15, -0.1) is 0 Å². The van der Waals surface area contributed by atoms with Crippen molar-refractivity contribution in [3.05, 3.63) is 0 Å². The largest absolute Gasteiger partial charge is 0.379 e. The molecule has 1 aliphatic heterocycles. The monoisotopic (exact) mass is 214 g/mol. The Kier molecular flexibility index (Phi) is 5.03. The van der Waals surface area contributed by atoms with Gasteiger partial charge in [0, 0.05) is 19.7 Å². The second-order valence-corrected chi connectivity index (χ2v) is 5.27. The summed E-state index contributed by atoms with van der Waals surface area (Å²) in [4.78, 5) is 2.41. The van der Waals surface area contributed by atoms with E-state index in [9.17, 15) is 0 Å². The first-order chi connectivity index (χ1) is 7.03. The smallest absolute Gasteiger partial charge is 0.0634 e. The Morgan fingerprint density at radius 2 is 2.20 bits per heavy atom. The van der Waals surface area contributed by atoms with Crippen molar-refractivity contribution in [3.63, 3.8) is 0 Å². The summed E-state index contributed by atoms with van der Waals surface area (Å²) in [5, 5.41) is 3.62. The highest BCUT2D eigenvalue weighted by Gasteiger charge is 2.19. The van der Waals surface area contributed by atoms with Crippen LogP contribution in [0, 0.1) is 0 Å². The third kappa shape index (κ3) is 4.96. The van der Waals surface area contributed by atoms with E-state index in [1.165, 1.54) is 25.9 Å². The molecule has 0 bridgehead atoms. The predicted octanol–water partition coefficient (Wildman–Crippen LogP) is 1.49. The fourth-order valence-electron chi connectivity index (χ4n) is 2.01. The van der Waals surface area contributed by atoms with E-state index in [1.54, 1.807) is 7.11 Å². The summed E-state index contributed by atoms with van der Waals surface area (Å²) in [7, 11) is 3.99. The molecule has 1 rings (SSSR count). The number of hydrogen-bond acceptors (Lipinski definition) is 3. The third-order valence-corrected chi connectivity index (χ3v) is 3.34. The minimum atomic E-state index is 0.00751. The number of rotatable bonds is 5. The summed E-state index contributed by atoms with van der Waals surface area (Å²) >= 11 is 0. The average molecular weight is 214 g/mol. The third-order valence-electron chi connectivity index (χ3n) is 3.34. The molecule has 15 heavy (non-hydrogen) atoms. The topological polar surface area (TPSA) is 24.5 Å². The normalized spacial score (nSPS) is 24.4. The molecule has 0 spiro atoms. The molecule has 1 aliphatic rings. The Labute approximate surface area is 94.2 Å². The molecule has 0 aromatic carbocycles. The molecule has 0 aliphatic carbocycles. The Hall–Kier alpha value is -0.120. The molecule has 0 saturated carbocycles. The zero-order valence-electron chi connectivity index (χ0n) is 10.7. The number of hydrogen-bond donors (Lipinski definition) is 1. The molecular formula is C12H26N2O. The minimum Gasteiger partial charge on any atom is -0.379 e. The van der Waals surface area contributed by atoms with Crippen LogP contribution >= 0.6 is 0 Å². The maximum atomic E-state index is 5.40. The molecule has 0 aromatic heterocycles. The van der Waals surface area contributed by atoms with Gasteiger partial charge in [0.2, 0.25) is 0 Å². The highest BCUT2D eigenvalue weighted by molar-refractivity contribution is 4.78. The molecule has 1 heterocycles. The van der Waals surface area contributed by atoms with Gasteiger partial charge in [0.1, 0.15) is 0 Å². The predicted molar refractivity (Wildman–Crippen MR) is 64.2 cm³/mol. The van der Waals surface area contributed by atoms with Gasteiger partial charge in [-0.25, -0.2) is 0 Å². The Balaban J connectivity index is 2.14. The maximum absolute atomic E-state index is 5.40. The van der Waals surface area contributed by atoms with Gasteiger partial charge in [-0.1, -0.05) is 0 Å². The van der Waals surface area contributed by atoms with Crippen molar-refractivity contribution < 1.29 is 4.74 Å². The van der Waals surface area contributed by atoms with Crippen LogP contribution in [-0.2, 0) is 4.74 Å². The molecule has 3 nitrogen and oxygen atoms in total. The van der Waals surface area contributed by atoms with Gasteiger partial charge in [-0.3, -0.25) is 0 Å². The van der Waals surface area contributed by atoms with E-state index >= 15 is 0 Å². The molecule has 1 saturated heterocycles.